The van der Waals surface area contributed by atoms with Crippen molar-refractivity contribution >= 4 is 23.4 Å². The van der Waals surface area contributed by atoms with E-state index in [1.54, 1.807) is 0 Å². The number of anilines is 1. The quantitative estimate of drug-likeness (QED) is 0.872. The molecule has 0 spiro atoms. The fraction of sp³-hybridized carbons (Fsp3) is 0.462. The van der Waals surface area contributed by atoms with Crippen LogP contribution in [-0.2, 0) is 4.79 Å². The summed E-state index contributed by atoms with van der Waals surface area (Å²) in [5.74, 6) is 3.17. The van der Waals surface area contributed by atoms with Gasteiger partial charge in [-0.1, -0.05) is 18.2 Å². The van der Waals surface area contributed by atoms with E-state index >= 15 is 0 Å². The molecule has 0 atom stereocenters. The Morgan fingerprint density at radius 3 is 2.62 bits per heavy atom. The molecule has 3 heteroatoms. The van der Waals surface area contributed by atoms with Crippen LogP contribution in [-0.4, -0.2) is 17.4 Å². The zero-order valence-electron chi connectivity index (χ0n) is 9.32. The van der Waals surface area contributed by atoms with Crippen molar-refractivity contribution in [3.63, 3.8) is 0 Å². The molecule has 1 aliphatic heterocycles. The van der Waals surface area contributed by atoms with Crippen LogP contribution in [0.2, 0.25) is 0 Å². The molecule has 1 heterocycles. The summed E-state index contributed by atoms with van der Waals surface area (Å²) in [7, 11) is 0. The third-order valence-corrected chi connectivity index (χ3v) is 3.92. The van der Waals surface area contributed by atoms with Crippen LogP contribution in [0.15, 0.2) is 30.3 Å². The Kier molecular flexibility index (Phi) is 4.28. The average molecular weight is 235 g/mol. The lowest BCUT2D eigenvalue weighted by atomic mass is 9.98. The van der Waals surface area contributed by atoms with Gasteiger partial charge >= 0.3 is 0 Å². The minimum absolute atomic E-state index is 0.156. The van der Waals surface area contributed by atoms with Crippen molar-refractivity contribution in [2.45, 2.75) is 19.3 Å². The van der Waals surface area contributed by atoms with Gasteiger partial charge in [0.05, 0.1) is 0 Å². The van der Waals surface area contributed by atoms with Gasteiger partial charge in [-0.3, -0.25) is 4.79 Å². The van der Waals surface area contributed by atoms with Gasteiger partial charge in [0.2, 0.25) is 5.91 Å². The van der Waals surface area contributed by atoms with Crippen LogP contribution in [0.1, 0.15) is 19.3 Å². The standard InChI is InChI=1S/C13H17NOS/c15-13(10-11-6-8-16-9-7-11)14-12-4-2-1-3-5-12/h1-5,11H,6-10H2,(H,14,15). The van der Waals surface area contributed by atoms with Gasteiger partial charge in [0.1, 0.15) is 0 Å². The van der Waals surface area contributed by atoms with Crippen molar-refractivity contribution in [2.75, 3.05) is 16.8 Å². The molecule has 1 aliphatic rings. The van der Waals surface area contributed by atoms with Crippen molar-refractivity contribution in [2.24, 2.45) is 5.92 Å². The SMILES string of the molecule is O=C(CC1CCSCC1)Nc1ccccc1. The van der Waals surface area contributed by atoms with Crippen LogP contribution in [0, 0.1) is 5.92 Å². The first kappa shape index (κ1) is 11.5. The van der Waals surface area contributed by atoms with E-state index < -0.39 is 0 Å². The summed E-state index contributed by atoms with van der Waals surface area (Å²) in [5.41, 5.74) is 0.901. The molecule has 1 N–H and O–H groups in total. The minimum Gasteiger partial charge on any atom is -0.326 e. The number of para-hydroxylation sites is 1. The highest BCUT2D eigenvalue weighted by molar-refractivity contribution is 7.99. The van der Waals surface area contributed by atoms with Crippen LogP contribution < -0.4 is 5.32 Å². The third kappa shape index (κ3) is 3.56. The predicted molar refractivity (Wildman–Crippen MR) is 69.7 cm³/mol. The summed E-state index contributed by atoms with van der Waals surface area (Å²) < 4.78 is 0. The largest absolute Gasteiger partial charge is 0.326 e. The molecule has 1 amide bonds. The molecule has 1 fully saturated rings. The maximum absolute atomic E-state index is 11.8. The normalized spacial score (nSPS) is 17.0. The Hall–Kier alpha value is -0.960. The molecule has 2 nitrogen and oxygen atoms in total. The van der Waals surface area contributed by atoms with Gasteiger partial charge in [-0.25, -0.2) is 0 Å². The first-order chi connectivity index (χ1) is 7.84. The summed E-state index contributed by atoms with van der Waals surface area (Å²) >= 11 is 2.00. The predicted octanol–water partition coefficient (Wildman–Crippen LogP) is 3.16. The van der Waals surface area contributed by atoms with E-state index in [1.165, 1.54) is 24.3 Å². The van der Waals surface area contributed by atoms with Gasteiger partial charge < -0.3 is 5.32 Å². The van der Waals surface area contributed by atoms with Crippen molar-refractivity contribution in [1.29, 1.82) is 0 Å². The molecule has 1 aromatic rings. The number of thioether (sulfide) groups is 1. The summed E-state index contributed by atoms with van der Waals surface area (Å²) in [6, 6.07) is 9.68. The highest BCUT2D eigenvalue weighted by Gasteiger charge is 2.17. The van der Waals surface area contributed by atoms with E-state index in [0.717, 1.165) is 5.69 Å². The lowest BCUT2D eigenvalue weighted by molar-refractivity contribution is -0.117. The van der Waals surface area contributed by atoms with Gasteiger partial charge in [-0.05, 0) is 42.4 Å². The Bertz CT molecular complexity index is 333. The summed E-state index contributed by atoms with van der Waals surface area (Å²) in [6.07, 6.45) is 3.05. The molecule has 0 unspecified atom stereocenters. The van der Waals surface area contributed by atoms with Crippen molar-refractivity contribution in [3.8, 4) is 0 Å². The second kappa shape index (κ2) is 5.94. The number of nitrogens with one attached hydrogen (secondary N) is 1. The van der Waals surface area contributed by atoms with Gasteiger partial charge in [-0.15, -0.1) is 0 Å². The second-order valence-electron chi connectivity index (χ2n) is 4.17. The number of benzene rings is 1. The van der Waals surface area contributed by atoms with Crippen LogP contribution in [0.5, 0.6) is 0 Å². The molecule has 0 aliphatic carbocycles. The Labute approximate surface area is 101 Å². The van der Waals surface area contributed by atoms with E-state index in [1.807, 2.05) is 42.1 Å². The van der Waals surface area contributed by atoms with Crippen LogP contribution >= 0.6 is 11.8 Å². The molecule has 16 heavy (non-hydrogen) atoms. The Morgan fingerprint density at radius 2 is 1.94 bits per heavy atom. The van der Waals surface area contributed by atoms with E-state index in [0.29, 0.717) is 12.3 Å². The molecular weight excluding hydrogens is 218 g/mol. The molecule has 0 radical (unpaired) electrons. The zero-order chi connectivity index (χ0) is 11.2. The number of amides is 1. The lowest BCUT2D eigenvalue weighted by Crippen LogP contribution is -2.19. The fourth-order valence-corrected chi connectivity index (χ4v) is 3.15. The second-order valence-corrected chi connectivity index (χ2v) is 5.40. The van der Waals surface area contributed by atoms with E-state index in [-0.39, 0.29) is 5.91 Å². The molecule has 0 saturated carbocycles. The van der Waals surface area contributed by atoms with Gasteiger partial charge in [0.25, 0.3) is 0 Å². The minimum atomic E-state index is 0.156. The number of rotatable bonds is 3. The Balaban J connectivity index is 1.80. The summed E-state index contributed by atoms with van der Waals surface area (Å²) in [6.45, 7) is 0. The Morgan fingerprint density at radius 1 is 1.25 bits per heavy atom. The summed E-state index contributed by atoms with van der Waals surface area (Å²) in [4.78, 5) is 11.8. The highest BCUT2D eigenvalue weighted by Crippen LogP contribution is 2.25. The van der Waals surface area contributed by atoms with Crippen LogP contribution in [0.25, 0.3) is 0 Å². The summed E-state index contributed by atoms with van der Waals surface area (Å²) in [5, 5.41) is 2.94. The third-order valence-electron chi connectivity index (χ3n) is 2.87. The topological polar surface area (TPSA) is 29.1 Å². The molecular formula is C13H17NOS. The van der Waals surface area contributed by atoms with Crippen molar-refractivity contribution in [1.82, 2.24) is 0 Å². The molecule has 1 aromatic carbocycles. The smallest absolute Gasteiger partial charge is 0.224 e. The van der Waals surface area contributed by atoms with Crippen LogP contribution in [0.3, 0.4) is 0 Å². The van der Waals surface area contributed by atoms with Gasteiger partial charge in [0, 0.05) is 12.1 Å². The first-order valence-electron chi connectivity index (χ1n) is 5.77. The number of carbonyl (C=O) groups is 1. The maximum atomic E-state index is 11.8. The number of hydrogen-bond acceptors (Lipinski definition) is 2. The number of carbonyl (C=O) groups excluding carboxylic acids is 1. The van der Waals surface area contributed by atoms with E-state index in [9.17, 15) is 4.79 Å². The molecule has 0 bridgehead atoms. The van der Waals surface area contributed by atoms with Crippen molar-refractivity contribution in [3.05, 3.63) is 30.3 Å². The molecule has 1 saturated heterocycles. The maximum Gasteiger partial charge on any atom is 0.224 e. The van der Waals surface area contributed by atoms with Crippen molar-refractivity contribution < 1.29 is 4.79 Å². The van der Waals surface area contributed by atoms with Gasteiger partial charge in [0.15, 0.2) is 0 Å². The highest BCUT2D eigenvalue weighted by atomic mass is 32.2. The van der Waals surface area contributed by atoms with E-state index in [2.05, 4.69) is 5.32 Å². The first-order valence-corrected chi connectivity index (χ1v) is 6.93. The molecule has 86 valence electrons. The van der Waals surface area contributed by atoms with Gasteiger partial charge in [-0.2, -0.15) is 11.8 Å². The molecule has 2 rings (SSSR count). The van der Waals surface area contributed by atoms with Crippen LogP contribution in [0.4, 0.5) is 5.69 Å². The lowest BCUT2D eigenvalue weighted by Gasteiger charge is -2.20. The monoisotopic (exact) mass is 235 g/mol. The zero-order valence-corrected chi connectivity index (χ0v) is 10.1. The number of hydrogen-bond donors (Lipinski definition) is 1. The fourth-order valence-electron chi connectivity index (χ4n) is 1.95. The molecule has 0 aromatic heterocycles. The average Bonchev–Trinajstić information content (AvgIpc) is 2.31. The van der Waals surface area contributed by atoms with E-state index in [4.69, 9.17) is 0 Å².